The zero-order chi connectivity index (χ0) is 9.98. The Morgan fingerprint density at radius 2 is 1.33 bits per heavy atom. The highest BCUT2D eigenvalue weighted by molar-refractivity contribution is 7.75. The summed E-state index contributed by atoms with van der Waals surface area (Å²) in [6, 6.07) is 0. The summed E-state index contributed by atoms with van der Waals surface area (Å²) in [7, 11) is 0. The smallest absolute Gasteiger partial charge is 0.284 e. The van der Waals surface area contributed by atoms with Crippen molar-refractivity contribution in [3.05, 3.63) is 0 Å². The van der Waals surface area contributed by atoms with Crippen LogP contribution in [0.3, 0.4) is 0 Å². The first kappa shape index (κ1) is 14.7. The van der Waals surface area contributed by atoms with Crippen LogP contribution in [0.2, 0.25) is 0 Å². The molecule has 0 heterocycles. The third-order valence-electron chi connectivity index (χ3n) is 0.428. The summed E-state index contributed by atoms with van der Waals surface area (Å²) in [6.45, 7) is 4.37. The normalized spacial score (nSPS) is 9.83. The maximum atomic E-state index is 10.3. The first-order valence-corrected chi connectivity index (χ1v) is 5.09. The highest BCUT2D eigenvalue weighted by atomic mass is 32.2. The summed E-state index contributed by atoms with van der Waals surface area (Å²) in [5, 5.41) is 0. The lowest BCUT2D eigenvalue weighted by atomic mass is 10.9. The summed E-state index contributed by atoms with van der Waals surface area (Å²) in [4.78, 5) is 0. The van der Waals surface area contributed by atoms with Gasteiger partial charge in [-0.3, -0.25) is 17.5 Å². The van der Waals surface area contributed by atoms with Gasteiger partial charge in [-0.25, -0.2) is 0 Å². The van der Waals surface area contributed by atoms with E-state index in [-0.39, 0.29) is 0 Å². The van der Waals surface area contributed by atoms with E-state index < -0.39 is 22.7 Å². The minimum absolute atomic E-state index is 0.423. The molecule has 0 amide bonds. The van der Waals surface area contributed by atoms with Crippen LogP contribution in [-0.4, -0.2) is 30.7 Å². The summed E-state index contributed by atoms with van der Waals surface area (Å²) >= 11 is -4.13. The maximum absolute atomic E-state index is 10.3. The van der Waals surface area contributed by atoms with E-state index in [4.69, 9.17) is 13.3 Å². The molecular weight excluding hydrogens is 208 g/mol. The van der Waals surface area contributed by atoms with E-state index in [0.717, 1.165) is 0 Å². The Morgan fingerprint density at radius 1 is 1.08 bits per heavy atom. The second-order valence-corrected chi connectivity index (χ2v) is 2.59. The van der Waals surface area contributed by atoms with Gasteiger partial charge in [-0.2, -0.15) is 8.42 Å². The average Bonchev–Trinajstić information content (AvgIpc) is 1.87. The van der Waals surface area contributed by atoms with E-state index in [2.05, 4.69) is 8.37 Å². The molecule has 0 atom stereocenters. The molecule has 0 aliphatic heterocycles. The molecule has 2 N–H and O–H groups in total. The molecule has 76 valence electrons. The topological polar surface area (TPSA) is 93.1 Å². The van der Waals surface area contributed by atoms with Crippen LogP contribution in [0.4, 0.5) is 0 Å². The Balaban J connectivity index is 0. The van der Waals surface area contributed by atoms with Crippen molar-refractivity contribution in [1.82, 2.24) is 0 Å². The second kappa shape index (κ2) is 11.1. The van der Waals surface area contributed by atoms with Crippen LogP contribution in [0.1, 0.15) is 13.8 Å². The molecule has 8 heteroatoms. The van der Waals surface area contributed by atoms with E-state index in [1.165, 1.54) is 0 Å². The fourth-order valence-electron chi connectivity index (χ4n) is 0.226. The van der Waals surface area contributed by atoms with Crippen LogP contribution >= 0.6 is 0 Å². The first-order valence-electron chi connectivity index (χ1n) is 3.02. The van der Waals surface area contributed by atoms with Crippen LogP contribution < -0.4 is 0 Å². The monoisotopic (exact) mass is 220 g/mol. The Morgan fingerprint density at radius 3 is 1.50 bits per heavy atom. The van der Waals surface area contributed by atoms with Gasteiger partial charge in [0, 0.05) is 0 Å². The molecule has 0 aromatic rings. The fraction of sp³-hybridized carbons (Fsp3) is 1.00. The van der Waals surface area contributed by atoms with Gasteiger partial charge in [0.15, 0.2) is 0 Å². The van der Waals surface area contributed by atoms with Gasteiger partial charge >= 0.3 is 11.4 Å². The van der Waals surface area contributed by atoms with Gasteiger partial charge in [-0.1, -0.05) is 0 Å². The van der Waals surface area contributed by atoms with Crippen LogP contribution in [0.5, 0.6) is 0 Å². The lowest BCUT2D eigenvalue weighted by molar-refractivity contribution is 0.269. The summed E-state index contributed by atoms with van der Waals surface area (Å²) < 4.78 is 42.2. The van der Waals surface area contributed by atoms with Crippen molar-refractivity contribution < 1.29 is 25.9 Å². The average molecular weight is 220 g/mol. The number of hydrogen-bond acceptors (Lipinski definition) is 4. The lowest BCUT2D eigenvalue weighted by Gasteiger charge is -1.95. The Labute approximate surface area is 76.2 Å². The molecule has 0 rings (SSSR count). The van der Waals surface area contributed by atoms with Gasteiger partial charge in [-0.05, 0) is 13.8 Å². The fourth-order valence-corrected chi connectivity index (χ4v) is 0.679. The molecule has 0 saturated carbocycles. The molecule has 0 aromatic heterocycles. The molecule has 6 nitrogen and oxygen atoms in total. The van der Waals surface area contributed by atoms with E-state index in [1.54, 1.807) is 13.8 Å². The van der Waals surface area contributed by atoms with Gasteiger partial charge < -0.3 is 0 Å². The molecule has 0 unspecified atom stereocenters. The van der Waals surface area contributed by atoms with Gasteiger partial charge in [0.05, 0.1) is 13.2 Å². The van der Waals surface area contributed by atoms with Crippen LogP contribution in [0.15, 0.2) is 0 Å². The predicted octanol–water partition coefficient (Wildman–Crippen LogP) is 0.319. The zero-order valence-corrected chi connectivity index (χ0v) is 8.39. The molecular formula is C4H12O6S2. The third kappa shape index (κ3) is 22.5. The van der Waals surface area contributed by atoms with Gasteiger partial charge in [-0.15, -0.1) is 0 Å². The molecule has 12 heavy (non-hydrogen) atoms. The van der Waals surface area contributed by atoms with E-state index in [1.807, 2.05) is 0 Å². The molecule has 0 aliphatic rings. The van der Waals surface area contributed by atoms with Gasteiger partial charge in [0.1, 0.15) is 0 Å². The first-order chi connectivity index (χ1) is 5.54. The molecule has 0 fully saturated rings. The second-order valence-electron chi connectivity index (χ2n) is 1.25. The van der Waals surface area contributed by atoms with Crippen molar-refractivity contribution in [3.63, 3.8) is 0 Å². The third-order valence-corrected chi connectivity index (χ3v) is 1.28. The molecule has 0 bridgehead atoms. The summed E-state index contributed by atoms with van der Waals surface area (Å²) in [6.07, 6.45) is 0. The standard InChI is InChI=1S/C4H10O3S.H2O3S/c1-3-6-8(5)7-4-2;1-4(2)3/h3-4H2,1-2H3;(H2,1,2,3). The molecule has 0 radical (unpaired) electrons. The largest absolute Gasteiger partial charge is 0.304 e. The summed E-state index contributed by atoms with van der Waals surface area (Å²) in [5.74, 6) is 0. The van der Waals surface area contributed by atoms with Gasteiger partial charge in [0.25, 0.3) is 11.4 Å². The van der Waals surface area contributed by atoms with Crippen LogP contribution in [-0.2, 0) is 31.1 Å². The molecule has 0 spiro atoms. The van der Waals surface area contributed by atoms with Crippen LogP contribution in [0.25, 0.3) is 0 Å². The predicted molar refractivity (Wildman–Crippen MR) is 44.8 cm³/mol. The van der Waals surface area contributed by atoms with Gasteiger partial charge in [0.2, 0.25) is 0 Å². The van der Waals surface area contributed by atoms with Crippen molar-refractivity contribution in [1.29, 1.82) is 0 Å². The van der Waals surface area contributed by atoms with E-state index in [9.17, 15) is 4.21 Å². The highest BCUT2D eigenvalue weighted by Gasteiger charge is 1.92. The van der Waals surface area contributed by atoms with Crippen molar-refractivity contribution in [2.75, 3.05) is 13.2 Å². The minimum Gasteiger partial charge on any atom is -0.284 e. The Kier molecular flexibility index (Phi) is 13.6. The molecule has 0 aromatic carbocycles. The van der Waals surface area contributed by atoms with Crippen molar-refractivity contribution >= 4 is 22.7 Å². The number of hydrogen-bond donors (Lipinski definition) is 2. The van der Waals surface area contributed by atoms with E-state index >= 15 is 0 Å². The Bertz CT molecular complexity index is 126. The lowest BCUT2D eigenvalue weighted by Crippen LogP contribution is -2.00. The van der Waals surface area contributed by atoms with Crippen molar-refractivity contribution in [2.45, 2.75) is 13.8 Å². The quantitative estimate of drug-likeness (QED) is 0.663. The van der Waals surface area contributed by atoms with Crippen LogP contribution in [0, 0.1) is 0 Å². The molecule has 0 aliphatic carbocycles. The Hall–Kier alpha value is 0.140. The number of rotatable bonds is 4. The maximum Gasteiger partial charge on any atom is 0.304 e. The SMILES string of the molecule is CCOS(=O)OCC.O=S(O)O. The highest BCUT2D eigenvalue weighted by Crippen LogP contribution is 1.85. The van der Waals surface area contributed by atoms with Crippen molar-refractivity contribution in [2.24, 2.45) is 0 Å². The minimum atomic E-state index is -2.61. The summed E-state index contributed by atoms with van der Waals surface area (Å²) in [5.41, 5.74) is 0. The zero-order valence-electron chi connectivity index (χ0n) is 6.76. The van der Waals surface area contributed by atoms with Crippen molar-refractivity contribution in [3.8, 4) is 0 Å². The molecule has 0 saturated heterocycles. The van der Waals surface area contributed by atoms with E-state index in [0.29, 0.717) is 13.2 Å².